The smallest absolute Gasteiger partial charge is 0.240 e. The first-order valence-corrected chi connectivity index (χ1v) is 12.6. The number of hydrogen-bond acceptors (Lipinski definition) is 5. The molecule has 2 bridgehead atoms. The molecule has 2 amide bonds. The third-order valence-corrected chi connectivity index (χ3v) is 8.42. The monoisotopic (exact) mass is 488 g/mol. The zero-order valence-electron chi connectivity index (χ0n) is 20.3. The van der Waals surface area contributed by atoms with Gasteiger partial charge < -0.3 is 9.72 Å². The van der Waals surface area contributed by atoms with E-state index >= 15 is 0 Å². The molecule has 1 aromatic heterocycles. The zero-order chi connectivity index (χ0) is 25.4. The summed E-state index contributed by atoms with van der Waals surface area (Å²) >= 11 is 0. The molecule has 7 rings (SSSR count). The second-order valence-electron chi connectivity index (χ2n) is 10.5. The molecule has 37 heavy (non-hydrogen) atoms. The Bertz CT molecular complexity index is 1670. The molecule has 7 nitrogen and oxygen atoms in total. The maximum Gasteiger partial charge on any atom is 0.240 e. The highest BCUT2D eigenvalue weighted by molar-refractivity contribution is 6.24. The number of ether oxygens (including phenoxy) is 1. The van der Waals surface area contributed by atoms with Crippen LogP contribution in [0, 0.1) is 23.2 Å². The van der Waals surface area contributed by atoms with Gasteiger partial charge in [-0.2, -0.15) is 5.26 Å². The van der Waals surface area contributed by atoms with E-state index in [1.165, 1.54) is 4.90 Å². The molecule has 3 aliphatic rings. The average molecular weight is 489 g/mol. The predicted molar refractivity (Wildman–Crippen MR) is 139 cm³/mol. The van der Waals surface area contributed by atoms with Gasteiger partial charge in [0, 0.05) is 5.39 Å². The Morgan fingerprint density at radius 2 is 1.86 bits per heavy atom. The zero-order valence-corrected chi connectivity index (χ0v) is 20.3. The quantitative estimate of drug-likeness (QED) is 0.402. The van der Waals surface area contributed by atoms with Crippen LogP contribution in [0.15, 0.2) is 66.7 Å². The number of fused-ring (bicyclic) bond motifs is 7. The van der Waals surface area contributed by atoms with Crippen LogP contribution in [0.4, 0.5) is 5.69 Å². The van der Waals surface area contributed by atoms with Crippen molar-refractivity contribution in [2.75, 3.05) is 4.90 Å². The van der Waals surface area contributed by atoms with Crippen LogP contribution >= 0.6 is 0 Å². The molecule has 4 unspecified atom stereocenters. The van der Waals surface area contributed by atoms with E-state index in [-0.39, 0.29) is 11.8 Å². The minimum atomic E-state index is -0.757. The molecule has 0 aliphatic carbocycles. The number of benzene rings is 3. The highest BCUT2D eigenvalue weighted by Gasteiger charge is 2.73. The van der Waals surface area contributed by atoms with E-state index in [4.69, 9.17) is 4.74 Å². The molecule has 0 saturated carbocycles. The number of imide groups is 1. The van der Waals surface area contributed by atoms with Crippen molar-refractivity contribution in [3.8, 4) is 6.07 Å². The Morgan fingerprint density at radius 1 is 1.08 bits per heavy atom. The van der Waals surface area contributed by atoms with E-state index < -0.39 is 23.0 Å². The minimum Gasteiger partial charge on any atom is -0.367 e. The first-order chi connectivity index (χ1) is 17.9. The summed E-state index contributed by atoms with van der Waals surface area (Å²) in [5.74, 6) is -0.962. The van der Waals surface area contributed by atoms with Crippen LogP contribution in [0.2, 0.25) is 0 Å². The van der Waals surface area contributed by atoms with E-state index in [9.17, 15) is 14.9 Å². The molecule has 7 heteroatoms. The Hall–Kier alpha value is -4.28. The highest BCUT2D eigenvalue weighted by atomic mass is 16.5. The SMILES string of the molecule is CC12CCC(CC=Cc3nc4ccccc4[nH]3)(O1)C1C(=O)N(c3ccc4ccccc4c3C#N)C(=O)C12. The van der Waals surface area contributed by atoms with Crippen molar-refractivity contribution < 1.29 is 14.3 Å². The van der Waals surface area contributed by atoms with Crippen LogP contribution in [0.5, 0.6) is 0 Å². The van der Waals surface area contributed by atoms with E-state index in [0.717, 1.165) is 27.6 Å². The molecule has 0 radical (unpaired) electrons. The number of para-hydroxylation sites is 2. The number of nitrogens with zero attached hydrogens (tertiary/aromatic N) is 3. The minimum absolute atomic E-state index is 0.271. The lowest BCUT2D eigenvalue weighted by Gasteiger charge is -2.30. The summed E-state index contributed by atoms with van der Waals surface area (Å²) in [5.41, 5.74) is 1.10. The molecule has 4 atom stereocenters. The fourth-order valence-electron chi connectivity index (χ4n) is 6.77. The number of amides is 2. The standard InChI is InChI=1S/C30H24N4O3/c1-29-15-16-30(37-29,14-6-11-24-32-21-9-4-5-10-22(21)33-24)26-25(29)27(35)34(28(26)36)23-13-12-18-7-2-3-8-19(18)20(23)17-31/h2-13,25-26H,14-16H2,1H3,(H,32,33). The maximum absolute atomic E-state index is 14.0. The van der Waals surface area contributed by atoms with E-state index in [1.54, 1.807) is 6.07 Å². The normalized spacial score (nSPS) is 28.6. The number of anilines is 1. The molecule has 0 spiro atoms. The average Bonchev–Trinajstić information content (AvgIpc) is 3.61. The van der Waals surface area contributed by atoms with Crippen LogP contribution in [0.1, 0.15) is 37.6 Å². The maximum atomic E-state index is 14.0. The van der Waals surface area contributed by atoms with Crippen LogP contribution in [-0.2, 0) is 14.3 Å². The topological polar surface area (TPSA) is 99.1 Å². The van der Waals surface area contributed by atoms with Gasteiger partial charge in [-0.15, -0.1) is 0 Å². The van der Waals surface area contributed by atoms with Crippen molar-refractivity contribution in [3.05, 3.63) is 78.1 Å². The number of hydrogen-bond donors (Lipinski definition) is 1. The summed E-state index contributed by atoms with van der Waals surface area (Å²) in [6.07, 6.45) is 5.81. The van der Waals surface area contributed by atoms with Crippen LogP contribution < -0.4 is 4.90 Å². The molecule has 182 valence electrons. The van der Waals surface area contributed by atoms with Gasteiger partial charge in [-0.05, 0) is 55.8 Å². The Kier molecular flexibility index (Phi) is 4.52. The van der Waals surface area contributed by atoms with Gasteiger partial charge in [0.1, 0.15) is 11.9 Å². The van der Waals surface area contributed by atoms with E-state index in [0.29, 0.717) is 30.5 Å². The van der Waals surface area contributed by atoms with Crippen molar-refractivity contribution in [2.24, 2.45) is 11.8 Å². The van der Waals surface area contributed by atoms with Gasteiger partial charge in [-0.3, -0.25) is 9.59 Å². The fourth-order valence-corrected chi connectivity index (χ4v) is 6.77. The Morgan fingerprint density at radius 3 is 2.70 bits per heavy atom. The van der Waals surface area contributed by atoms with Crippen LogP contribution in [0.3, 0.4) is 0 Å². The van der Waals surface area contributed by atoms with Gasteiger partial charge >= 0.3 is 0 Å². The number of carbonyl (C=O) groups is 2. The third kappa shape index (κ3) is 3.00. The number of rotatable bonds is 4. The summed E-state index contributed by atoms with van der Waals surface area (Å²) in [6.45, 7) is 1.95. The summed E-state index contributed by atoms with van der Waals surface area (Å²) in [6, 6.07) is 21.2. The lowest BCUT2D eigenvalue weighted by molar-refractivity contribution is -0.130. The van der Waals surface area contributed by atoms with Gasteiger partial charge in [0.05, 0.1) is 45.3 Å². The highest BCUT2D eigenvalue weighted by Crippen LogP contribution is 2.62. The molecule has 3 saturated heterocycles. The Labute approximate surface area is 213 Å². The van der Waals surface area contributed by atoms with Gasteiger partial charge in [0.25, 0.3) is 0 Å². The van der Waals surface area contributed by atoms with Crippen molar-refractivity contribution in [3.63, 3.8) is 0 Å². The van der Waals surface area contributed by atoms with Gasteiger partial charge in [0.15, 0.2) is 0 Å². The number of carbonyl (C=O) groups excluding carboxylic acids is 2. The number of H-pyrrole nitrogens is 1. The van der Waals surface area contributed by atoms with E-state index in [2.05, 4.69) is 16.0 Å². The first kappa shape index (κ1) is 22.0. The molecule has 3 aliphatic heterocycles. The van der Waals surface area contributed by atoms with Gasteiger partial charge in [-0.1, -0.05) is 48.5 Å². The number of nitrogens with one attached hydrogen (secondary N) is 1. The van der Waals surface area contributed by atoms with E-state index in [1.807, 2.05) is 73.7 Å². The van der Waals surface area contributed by atoms with Gasteiger partial charge in [0.2, 0.25) is 11.8 Å². The van der Waals surface area contributed by atoms with Crippen molar-refractivity contribution >= 4 is 45.4 Å². The van der Waals surface area contributed by atoms with Crippen molar-refractivity contribution in [1.29, 1.82) is 5.26 Å². The fraction of sp³-hybridized carbons (Fsp3) is 0.267. The lowest BCUT2D eigenvalue weighted by atomic mass is 9.67. The number of aromatic nitrogens is 2. The van der Waals surface area contributed by atoms with Gasteiger partial charge in [-0.25, -0.2) is 9.88 Å². The molecule has 1 N–H and O–H groups in total. The van der Waals surface area contributed by atoms with Crippen molar-refractivity contribution in [2.45, 2.75) is 37.4 Å². The van der Waals surface area contributed by atoms with Crippen LogP contribution in [0.25, 0.3) is 27.9 Å². The second-order valence-corrected chi connectivity index (χ2v) is 10.5. The first-order valence-electron chi connectivity index (χ1n) is 12.6. The summed E-state index contributed by atoms with van der Waals surface area (Å²) in [7, 11) is 0. The predicted octanol–water partition coefficient (Wildman–Crippen LogP) is 5.12. The Balaban J connectivity index is 1.24. The van der Waals surface area contributed by atoms with Crippen molar-refractivity contribution in [1.82, 2.24) is 9.97 Å². The molecule has 4 aromatic rings. The summed E-state index contributed by atoms with van der Waals surface area (Å²) in [4.78, 5) is 36.9. The third-order valence-electron chi connectivity index (χ3n) is 8.42. The molecular formula is C30H24N4O3. The lowest BCUT2D eigenvalue weighted by Crippen LogP contribution is -2.41. The molecular weight excluding hydrogens is 464 g/mol. The number of aromatic amines is 1. The molecule has 4 heterocycles. The largest absolute Gasteiger partial charge is 0.367 e. The number of imidazole rings is 1. The number of nitriles is 1. The second kappa shape index (κ2) is 7.61. The van der Waals surface area contributed by atoms with Crippen LogP contribution in [-0.4, -0.2) is 33.0 Å². The summed E-state index contributed by atoms with van der Waals surface area (Å²) < 4.78 is 6.55. The molecule has 3 aromatic carbocycles. The summed E-state index contributed by atoms with van der Waals surface area (Å²) in [5, 5.41) is 11.6. The molecule has 3 fully saturated rings.